The summed E-state index contributed by atoms with van der Waals surface area (Å²) in [7, 11) is 1.60. The molecule has 0 saturated heterocycles. The second kappa shape index (κ2) is 7.63. The molecule has 1 aromatic heterocycles. The van der Waals surface area contributed by atoms with Crippen molar-refractivity contribution in [1.82, 2.24) is 9.55 Å². The third-order valence-corrected chi connectivity index (χ3v) is 4.45. The number of methoxy groups -OCH3 is 1. The van der Waals surface area contributed by atoms with Crippen LogP contribution in [0.1, 0.15) is 22.8 Å². The molecule has 6 nitrogen and oxygen atoms in total. The van der Waals surface area contributed by atoms with Crippen LogP contribution in [0.4, 0.5) is 5.69 Å². The summed E-state index contributed by atoms with van der Waals surface area (Å²) >= 11 is 5.22. The molecule has 0 radical (unpaired) electrons. The lowest BCUT2D eigenvalue weighted by Gasteiger charge is -2.11. The van der Waals surface area contributed by atoms with Gasteiger partial charge in [0.1, 0.15) is 0 Å². The average Bonchev–Trinajstić information content (AvgIpc) is 2.63. The minimum atomic E-state index is -0.269. The molecule has 0 spiro atoms. The summed E-state index contributed by atoms with van der Waals surface area (Å²) < 4.78 is 6.98. The van der Waals surface area contributed by atoms with Crippen LogP contribution in [-0.4, -0.2) is 22.6 Å². The molecule has 26 heavy (non-hydrogen) atoms. The molecule has 0 bridgehead atoms. The number of benzene rings is 2. The van der Waals surface area contributed by atoms with Gasteiger partial charge in [-0.1, -0.05) is 18.2 Å². The molecule has 0 fully saturated rings. The first-order valence-corrected chi connectivity index (χ1v) is 8.61. The van der Waals surface area contributed by atoms with Gasteiger partial charge in [-0.15, -0.1) is 0 Å². The molecule has 0 aliphatic carbocycles. The largest absolute Gasteiger partial charge is 0.380 e. The van der Waals surface area contributed by atoms with Crippen molar-refractivity contribution in [2.24, 2.45) is 0 Å². The normalized spacial score (nSPS) is 10.8. The summed E-state index contributed by atoms with van der Waals surface area (Å²) in [5.41, 5.74) is 2.39. The van der Waals surface area contributed by atoms with E-state index in [1.54, 1.807) is 25.3 Å². The summed E-state index contributed by atoms with van der Waals surface area (Å²) in [5, 5.41) is 3.38. The molecule has 0 saturated carbocycles. The number of rotatable bonds is 5. The van der Waals surface area contributed by atoms with E-state index < -0.39 is 0 Å². The number of hydrogen-bond donors (Lipinski definition) is 2. The lowest BCUT2D eigenvalue weighted by molar-refractivity contribution is 0.102. The Morgan fingerprint density at radius 3 is 2.77 bits per heavy atom. The number of para-hydroxylation sites is 1. The summed E-state index contributed by atoms with van der Waals surface area (Å²) in [6.07, 6.45) is 0. The first-order chi connectivity index (χ1) is 12.5. The number of hydrogen-bond acceptors (Lipinski definition) is 4. The van der Waals surface area contributed by atoms with E-state index in [2.05, 4.69) is 10.3 Å². The van der Waals surface area contributed by atoms with Crippen molar-refractivity contribution in [2.75, 3.05) is 12.4 Å². The number of ether oxygens (including phenoxy) is 1. The van der Waals surface area contributed by atoms with Gasteiger partial charge in [0.15, 0.2) is 4.77 Å². The van der Waals surface area contributed by atoms with E-state index in [4.69, 9.17) is 17.0 Å². The van der Waals surface area contributed by atoms with Crippen LogP contribution in [0.3, 0.4) is 0 Å². The Balaban J connectivity index is 1.97. The van der Waals surface area contributed by atoms with Crippen molar-refractivity contribution in [3.63, 3.8) is 0 Å². The Hall–Kier alpha value is -2.77. The van der Waals surface area contributed by atoms with Crippen LogP contribution in [0.25, 0.3) is 10.9 Å². The molecule has 0 aliphatic heterocycles. The first kappa shape index (κ1) is 18.0. The maximum Gasteiger partial charge on any atom is 0.262 e. The van der Waals surface area contributed by atoms with Gasteiger partial charge in [0.05, 0.1) is 17.5 Å². The van der Waals surface area contributed by atoms with Gasteiger partial charge >= 0.3 is 0 Å². The predicted octanol–water partition coefficient (Wildman–Crippen LogP) is 3.48. The standard InChI is InChI=1S/C19H19N3O3S/c1-3-22-18(24)14-9-8-12(10-16(14)21-19(22)26)17(23)20-15-7-5-4-6-13(15)11-25-2/h4-10H,3,11H2,1-2H3,(H,20,23)(H,21,26). The smallest absolute Gasteiger partial charge is 0.262 e. The zero-order valence-electron chi connectivity index (χ0n) is 14.5. The average molecular weight is 369 g/mol. The van der Waals surface area contributed by atoms with Crippen molar-refractivity contribution >= 4 is 34.7 Å². The molecule has 1 amide bonds. The Morgan fingerprint density at radius 2 is 2.04 bits per heavy atom. The van der Waals surface area contributed by atoms with Gasteiger partial charge in [0.25, 0.3) is 11.5 Å². The van der Waals surface area contributed by atoms with Gasteiger partial charge in [0, 0.05) is 30.5 Å². The molecule has 3 rings (SSSR count). The lowest BCUT2D eigenvalue weighted by atomic mass is 10.1. The first-order valence-electron chi connectivity index (χ1n) is 8.20. The van der Waals surface area contributed by atoms with E-state index in [0.717, 1.165) is 5.56 Å². The third-order valence-electron chi connectivity index (χ3n) is 4.13. The minimum absolute atomic E-state index is 0.163. The van der Waals surface area contributed by atoms with Crippen LogP contribution in [0, 0.1) is 4.77 Å². The van der Waals surface area contributed by atoms with Crippen LogP contribution in [0.5, 0.6) is 0 Å². The van der Waals surface area contributed by atoms with E-state index in [0.29, 0.717) is 40.1 Å². The molecule has 1 heterocycles. The predicted molar refractivity (Wildman–Crippen MR) is 104 cm³/mol. The molecule has 7 heteroatoms. The molecule has 134 valence electrons. The molecule has 0 aliphatic rings. The van der Waals surface area contributed by atoms with Crippen LogP contribution in [-0.2, 0) is 17.9 Å². The molecule has 0 unspecified atom stereocenters. The summed E-state index contributed by atoms with van der Waals surface area (Å²) in [4.78, 5) is 28.1. The quantitative estimate of drug-likeness (QED) is 0.675. The monoisotopic (exact) mass is 369 g/mol. The second-order valence-electron chi connectivity index (χ2n) is 5.78. The van der Waals surface area contributed by atoms with Crippen LogP contribution in [0.15, 0.2) is 47.3 Å². The summed E-state index contributed by atoms with van der Waals surface area (Å²) in [6.45, 7) is 2.75. The molecule has 0 atom stereocenters. The lowest BCUT2D eigenvalue weighted by Crippen LogP contribution is -2.21. The minimum Gasteiger partial charge on any atom is -0.380 e. The van der Waals surface area contributed by atoms with Gasteiger partial charge in [-0.3, -0.25) is 14.2 Å². The topological polar surface area (TPSA) is 76.1 Å². The van der Waals surface area contributed by atoms with Crippen molar-refractivity contribution in [1.29, 1.82) is 0 Å². The van der Waals surface area contributed by atoms with Crippen molar-refractivity contribution in [3.05, 3.63) is 68.7 Å². The highest BCUT2D eigenvalue weighted by Gasteiger charge is 2.12. The third kappa shape index (κ3) is 3.44. The number of carbonyl (C=O) groups is 1. The number of carbonyl (C=O) groups excluding carboxylic acids is 1. The molecular weight excluding hydrogens is 350 g/mol. The SMILES string of the molecule is CCn1c(=S)[nH]c2cc(C(=O)Nc3ccccc3COC)ccc2c1=O. The van der Waals surface area contributed by atoms with Gasteiger partial charge in [-0.05, 0) is 43.4 Å². The van der Waals surface area contributed by atoms with Gasteiger partial charge in [-0.2, -0.15) is 0 Å². The molecule has 2 aromatic carbocycles. The fourth-order valence-electron chi connectivity index (χ4n) is 2.80. The number of nitrogens with one attached hydrogen (secondary N) is 2. The van der Waals surface area contributed by atoms with E-state index in [1.807, 2.05) is 31.2 Å². The number of aromatic amines is 1. The summed E-state index contributed by atoms with van der Waals surface area (Å²) in [5.74, 6) is -0.269. The molecule has 3 aromatic rings. The number of fused-ring (bicyclic) bond motifs is 1. The second-order valence-corrected chi connectivity index (χ2v) is 6.17. The summed E-state index contributed by atoms with van der Waals surface area (Å²) in [6, 6.07) is 12.4. The van der Waals surface area contributed by atoms with Gasteiger partial charge < -0.3 is 15.0 Å². The van der Waals surface area contributed by atoms with E-state index in [1.165, 1.54) is 4.57 Å². The Labute approximate surface area is 155 Å². The van der Waals surface area contributed by atoms with Crippen LogP contribution in [0.2, 0.25) is 0 Å². The zero-order valence-corrected chi connectivity index (χ0v) is 15.4. The number of aromatic nitrogens is 2. The Morgan fingerprint density at radius 1 is 1.27 bits per heavy atom. The number of H-pyrrole nitrogens is 1. The van der Waals surface area contributed by atoms with Crippen LogP contribution < -0.4 is 10.9 Å². The van der Waals surface area contributed by atoms with E-state index in [9.17, 15) is 9.59 Å². The van der Waals surface area contributed by atoms with E-state index in [-0.39, 0.29) is 11.5 Å². The number of anilines is 1. The van der Waals surface area contributed by atoms with Gasteiger partial charge in [-0.25, -0.2) is 0 Å². The van der Waals surface area contributed by atoms with Crippen LogP contribution >= 0.6 is 12.2 Å². The van der Waals surface area contributed by atoms with Gasteiger partial charge in [0.2, 0.25) is 0 Å². The highest BCUT2D eigenvalue weighted by molar-refractivity contribution is 7.71. The number of amides is 1. The fraction of sp³-hybridized carbons (Fsp3) is 0.211. The Kier molecular flexibility index (Phi) is 5.29. The van der Waals surface area contributed by atoms with Crippen molar-refractivity contribution in [3.8, 4) is 0 Å². The molecule has 2 N–H and O–H groups in total. The maximum atomic E-state index is 12.6. The maximum absolute atomic E-state index is 12.6. The van der Waals surface area contributed by atoms with Crippen molar-refractivity contribution < 1.29 is 9.53 Å². The molecular formula is C19H19N3O3S. The van der Waals surface area contributed by atoms with E-state index >= 15 is 0 Å². The highest BCUT2D eigenvalue weighted by Crippen LogP contribution is 2.18. The van der Waals surface area contributed by atoms with Crippen molar-refractivity contribution in [2.45, 2.75) is 20.1 Å². The zero-order chi connectivity index (χ0) is 18.7. The number of nitrogens with zero attached hydrogens (tertiary/aromatic N) is 1. The Bertz CT molecular complexity index is 1090. The highest BCUT2D eigenvalue weighted by atomic mass is 32.1. The fourth-order valence-corrected chi connectivity index (χ4v) is 3.12.